The highest BCUT2D eigenvalue weighted by Gasteiger charge is 2.33. The van der Waals surface area contributed by atoms with Crippen molar-refractivity contribution in [2.24, 2.45) is 17.8 Å². The summed E-state index contributed by atoms with van der Waals surface area (Å²) >= 11 is 0. The monoisotopic (exact) mass is 656 g/mol. The molecule has 0 radical (unpaired) electrons. The lowest BCUT2D eigenvalue weighted by atomic mass is 9.71. The van der Waals surface area contributed by atoms with Crippen LogP contribution in [0.1, 0.15) is 76.3 Å². The highest BCUT2D eigenvalue weighted by molar-refractivity contribution is 5.76. The summed E-state index contributed by atoms with van der Waals surface area (Å²) in [6.07, 6.45) is 11.0. The third-order valence-electron chi connectivity index (χ3n) is 9.44. The number of aryl methyl sites for hydroxylation is 1. The summed E-state index contributed by atoms with van der Waals surface area (Å²) < 4.78 is 99.1. The molecule has 0 heterocycles. The number of hydrogen-bond donors (Lipinski definition) is 0. The first-order valence-corrected chi connectivity index (χ1v) is 16.2. The molecular weight excluding hydrogens is 618 g/mol. The molecule has 3 aromatic carbocycles. The van der Waals surface area contributed by atoms with Gasteiger partial charge in [-0.05, 0) is 119 Å². The number of esters is 1. The summed E-state index contributed by atoms with van der Waals surface area (Å²) in [5.41, 5.74) is 0.249. The average Bonchev–Trinajstić information content (AvgIpc) is 3.08. The van der Waals surface area contributed by atoms with Gasteiger partial charge in [0.2, 0.25) is 11.6 Å². The standard InChI is InChI=1S/C38H38F6O3/c1-3-5-6-7-25-16-17-28(34(41)32(25)39)29-19-21-31(37(44)35(29)42)47-38(45)26-14-10-23(11-15-26)22-8-12-24(13-9-22)27-18-20-30(46-4-2)36(43)33(27)40/h3,5,12,16-23,26H,4,6-11,13-15H2,1-2H3. The first-order valence-electron chi connectivity index (χ1n) is 16.2. The first kappa shape index (κ1) is 34.3. The number of hydrogen-bond acceptors (Lipinski definition) is 3. The second-order valence-electron chi connectivity index (χ2n) is 12.2. The second-order valence-corrected chi connectivity index (χ2v) is 12.2. The SMILES string of the molecule is CC=CCCc1ccc(-c2ccc(OC(=O)C3CCC(C4CC=C(c5ccc(OCC)c(F)c5F)CC4)CC3)c(F)c2F)c(F)c1F. The zero-order valence-corrected chi connectivity index (χ0v) is 26.5. The van der Waals surface area contributed by atoms with Crippen LogP contribution in [0.25, 0.3) is 16.7 Å². The molecule has 0 aliphatic heterocycles. The van der Waals surface area contributed by atoms with Crippen LogP contribution in [0.4, 0.5) is 26.3 Å². The zero-order valence-electron chi connectivity index (χ0n) is 26.5. The molecule has 0 saturated heterocycles. The Labute approximate surface area is 271 Å². The van der Waals surface area contributed by atoms with Gasteiger partial charge in [-0.25, -0.2) is 17.6 Å². The van der Waals surface area contributed by atoms with Gasteiger partial charge in [0.1, 0.15) is 0 Å². The highest BCUT2D eigenvalue weighted by atomic mass is 19.2. The van der Waals surface area contributed by atoms with Crippen molar-refractivity contribution in [2.45, 2.75) is 71.6 Å². The Bertz CT molecular complexity index is 1670. The summed E-state index contributed by atoms with van der Waals surface area (Å²) in [7, 11) is 0. The van der Waals surface area contributed by atoms with E-state index in [1.54, 1.807) is 19.1 Å². The van der Waals surface area contributed by atoms with Gasteiger partial charge in [-0.15, -0.1) is 0 Å². The predicted molar refractivity (Wildman–Crippen MR) is 169 cm³/mol. The van der Waals surface area contributed by atoms with E-state index in [0.717, 1.165) is 37.0 Å². The maximum atomic E-state index is 15.1. The summed E-state index contributed by atoms with van der Waals surface area (Å²) in [6.45, 7) is 3.76. The molecule has 1 fully saturated rings. The number of allylic oxidation sites excluding steroid dienone is 4. The summed E-state index contributed by atoms with van der Waals surface area (Å²) in [6, 6.07) is 7.70. The Morgan fingerprint density at radius 1 is 0.745 bits per heavy atom. The number of carbonyl (C=O) groups is 1. The molecule has 2 aliphatic rings. The van der Waals surface area contributed by atoms with Crippen LogP contribution in [0.3, 0.4) is 0 Å². The minimum atomic E-state index is -1.45. The van der Waals surface area contributed by atoms with E-state index in [1.807, 2.05) is 19.1 Å². The molecule has 0 aromatic heterocycles. The van der Waals surface area contributed by atoms with E-state index in [1.165, 1.54) is 18.2 Å². The highest BCUT2D eigenvalue weighted by Crippen LogP contribution is 2.43. The molecule has 0 spiro atoms. The minimum absolute atomic E-state index is 0.104. The van der Waals surface area contributed by atoms with E-state index in [0.29, 0.717) is 43.9 Å². The number of rotatable bonds is 10. The molecule has 0 bridgehead atoms. The topological polar surface area (TPSA) is 35.5 Å². The normalized spacial score (nSPS) is 19.9. The van der Waals surface area contributed by atoms with Crippen LogP contribution in [0.5, 0.6) is 11.5 Å². The fourth-order valence-corrected chi connectivity index (χ4v) is 6.81. The number of benzene rings is 3. The third kappa shape index (κ3) is 7.44. The Morgan fingerprint density at radius 2 is 1.36 bits per heavy atom. The van der Waals surface area contributed by atoms with Crippen LogP contribution < -0.4 is 9.47 Å². The second kappa shape index (κ2) is 15.3. The molecule has 0 N–H and O–H groups in total. The third-order valence-corrected chi connectivity index (χ3v) is 9.44. The lowest BCUT2D eigenvalue weighted by molar-refractivity contribution is -0.140. The molecule has 47 heavy (non-hydrogen) atoms. The van der Waals surface area contributed by atoms with Gasteiger partial charge in [-0.1, -0.05) is 30.4 Å². The van der Waals surface area contributed by atoms with E-state index >= 15 is 8.78 Å². The van der Waals surface area contributed by atoms with Crippen molar-refractivity contribution in [1.82, 2.24) is 0 Å². The van der Waals surface area contributed by atoms with Gasteiger partial charge < -0.3 is 9.47 Å². The molecule has 3 aromatic rings. The minimum Gasteiger partial charge on any atom is -0.491 e. The summed E-state index contributed by atoms with van der Waals surface area (Å²) in [5.74, 6) is -8.37. The van der Waals surface area contributed by atoms with Crippen LogP contribution in [-0.2, 0) is 11.2 Å². The van der Waals surface area contributed by atoms with Crippen molar-refractivity contribution in [2.75, 3.05) is 6.61 Å². The lowest BCUT2D eigenvalue weighted by Gasteiger charge is -2.35. The molecule has 5 rings (SSSR count). The van der Waals surface area contributed by atoms with Crippen molar-refractivity contribution in [3.63, 3.8) is 0 Å². The molecule has 3 nitrogen and oxygen atoms in total. The summed E-state index contributed by atoms with van der Waals surface area (Å²) in [5, 5.41) is 0. The average molecular weight is 657 g/mol. The number of halogens is 6. The Kier molecular flexibility index (Phi) is 11.1. The molecule has 9 heteroatoms. The van der Waals surface area contributed by atoms with Gasteiger partial charge in [0.25, 0.3) is 0 Å². The van der Waals surface area contributed by atoms with Crippen LogP contribution in [0.15, 0.2) is 54.6 Å². The van der Waals surface area contributed by atoms with Gasteiger partial charge >= 0.3 is 5.97 Å². The molecule has 0 amide bonds. The van der Waals surface area contributed by atoms with Gasteiger partial charge in [-0.3, -0.25) is 4.79 Å². The predicted octanol–water partition coefficient (Wildman–Crippen LogP) is 10.7. The molecule has 1 unspecified atom stereocenters. The van der Waals surface area contributed by atoms with Crippen molar-refractivity contribution < 1.29 is 40.6 Å². The fourth-order valence-electron chi connectivity index (χ4n) is 6.81. The summed E-state index contributed by atoms with van der Waals surface area (Å²) in [4.78, 5) is 12.9. The maximum absolute atomic E-state index is 15.1. The lowest BCUT2D eigenvalue weighted by Crippen LogP contribution is -2.29. The van der Waals surface area contributed by atoms with Crippen LogP contribution in [0.2, 0.25) is 0 Å². The quantitative estimate of drug-likeness (QED) is 0.0943. The molecular formula is C38H38F6O3. The fraction of sp³-hybridized carbons (Fsp3) is 0.395. The maximum Gasteiger partial charge on any atom is 0.314 e. The van der Waals surface area contributed by atoms with Crippen molar-refractivity contribution in [1.29, 1.82) is 0 Å². The van der Waals surface area contributed by atoms with Gasteiger partial charge in [0.15, 0.2) is 34.8 Å². The van der Waals surface area contributed by atoms with E-state index in [4.69, 9.17) is 9.47 Å². The van der Waals surface area contributed by atoms with E-state index < -0.39 is 63.7 Å². The Morgan fingerprint density at radius 3 is 2.02 bits per heavy atom. The molecule has 1 saturated carbocycles. The Hall–Kier alpha value is -4.01. The zero-order chi connectivity index (χ0) is 33.7. The molecule has 2 aliphatic carbocycles. The number of carbonyl (C=O) groups excluding carboxylic acids is 1. The van der Waals surface area contributed by atoms with E-state index in [9.17, 15) is 22.4 Å². The van der Waals surface area contributed by atoms with Crippen LogP contribution >= 0.6 is 0 Å². The largest absolute Gasteiger partial charge is 0.491 e. The van der Waals surface area contributed by atoms with Gasteiger partial charge in [-0.2, -0.15) is 8.78 Å². The van der Waals surface area contributed by atoms with Crippen molar-refractivity contribution >= 4 is 11.5 Å². The van der Waals surface area contributed by atoms with Crippen molar-refractivity contribution in [3.05, 3.63) is 101 Å². The smallest absolute Gasteiger partial charge is 0.314 e. The van der Waals surface area contributed by atoms with Gasteiger partial charge in [0, 0.05) is 16.7 Å². The Balaban J connectivity index is 1.17. The molecule has 1 atom stereocenters. The van der Waals surface area contributed by atoms with Crippen molar-refractivity contribution in [3.8, 4) is 22.6 Å². The van der Waals surface area contributed by atoms with E-state index in [2.05, 4.69) is 0 Å². The van der Waals surface area contributed by atoms with Crippen LogP contribution in [0, 0.1) is 52.7 Å². The molecule has 250 valence electrons. The van der Waals surface area contributed by atoms with E-state index in [-0.39, 0.29) is 29.9 Å². The van der Waals surface area contributed by atoms with Crippen LogP contribution in [-0.4, -0.2) is 12.6 Å². The number of ether oxygens (including phenoxy) is 2. The first-order chi connectivity index (χ1) is 22.6. The van der Waals surface area contributed by atoms with Gasteiger partial charge in [0.05, 0.1) is 12.5 Å².